The van der Waals surface area contributed by atoms with Crippen molar-refractivity contribution in [1.29, 1.82) is 0 Å². The lowest BCUT2D eigenvalue weighted by molar-refractivity contribution is -0.122. The van der Waals surface area contributed by atoms with Crippen LogP contribution in [0.15, 0.2) is 18.5 Å². The number of carbonyl (C=O) groups is 2. The topological polar surface area (TPSA) is 52.0 Å². The maximum absolute atomic E-state index is 13.6. The Labute approximate surface area is 136 Å². The molecule has 5 heteroatoms. The summed E-state index contributed by atoms with van der Waals surface area (Å²) in [6, 6.07) is 2.34. The normalized spacial score (nSPS) is 11.7. The molecule has 0 bridgehead atoms. The summed E-state index contributed by atoms with van der Waals surface area (Å²) in [6.45, 7) is 9.08. The molecule has 1 atom stereocenters. The third-order valence-electron chi connectivity index (χ3n) is 3.66. The molecule has 1 aromatic carbocycles. The summed E-state index contributed by atoms with van der Waals surface area (Å²) in [5.41, 5.74) is 2.02. The summed E-state index contributed by atoms with van der Waals surface area (Å²) in [5, 5.41) is 0. The molecule has 2 rings (SSSR count). The predicted octanol–water partition coefficient (Wildman–Crippen LogP) is 4.40. The molecule has 0 aliphatic rings. The van der Waals surface area contributed by atoms with E-state index in [9.17, 15) is 14.0 Å². The Balaban J connectivity index is 0.00000127. The van der Waals surface area contributed by atoms with E-state index in [0.717, 1.165) is 5.56 Å². The Morgan fingerprint density at radius 2 is 1.96 bits per heavy atom. The van der Waals surface area contributed by atoms with Crippen LogP contribution >= 0.6 is 0 Å². The van der Waals surface area contributed by atoms with Gasteiger partial charge < -0.3 is 9.36 Å². The van der Waals surface area contributed by atoms with Crippen molar-refractivity contribution in [3.63, 3.8) is 0 Å². The zero-order valence-corrected chi connectivity index (χ0v) is 14.5. The summed E-state index contributed by atoms with van der Waals surface area (Å²) in [7, 11) is 0. The zero-order chi connectivity index (χ0) is 17.6. The number of hydrogen-bond acceptors (Lipinski definition) is 3. The highest BCUT2D eigenvalue weighted by Gasteiger charge is 2.22. The fraction of sp³-hybridized carbons (Fsp3) is 0.500. The van der Waals surface area contributed by atoms with Gasteiger partial charge in [-0.1, -0.05) is 20.8 Å². The fourth-order valence-electron chi connectivity index (χ4n) is 2.54. The molecule has 0 aliphatic carbocycles. The van der Waals surface area contributed by atoms with E-state index in [1.807, 2.05) is 13.8 Å². The summed E-state index contributed by atoms with van der Waals surface area (Å²) >= 11 is 0. The molecule has 0 fully saturated rings. The maximum Gasteiger partial charge on any atom is 0.155 e. The van der Waals surface area contributed by atoms with Crippen LogP contribution in [0.1, 0.15) is 58.6 Å². The zero-order valence-electron chi connectivity index (χ0n) is 14.5. The first-order valence-corrected chi connectivity index (χ1v) is 8.08. The number of hydrogen-bond donors (Lipinski definition) is 0. The Kier molecular flexibility index (Phi) is 7.07. The van der Waals surface area contributed by atoms with Crippen LogP contribution in [-0.4, -0.2) is 21.1 Å². The number of ketones is 2. The molecule has 4 nitrogen and oxygen atoms in total. The number of halogens is 1. The molecular weight excluding hydrogens is 295 g/mol. The molecule has 0 amide bonds. The van der Waals surface area contributed by atoms with E-state index in [1.165, 1.54) is 19.1 Å². The lowest BCUT2D eigenvalue weighted by atomic mass is 10.0. The average molecular weight is 320 g/mol. The first-order valence-electron chi connectivity index (χ1n) is 8.08. The molecule has 0 N–H and O–H groups in total. The number of aryl methyl sites for hydroxylation is 1. The maximum atomic E-state index is 13.6. The number of rotatable bonds is 6. The van der Waals surface area contributed by atoms with Crippen molar-refractivity contribution in [1.82, 2.24) is 9.55 Å². The standard InChI is InChI=1S/C16H19FN2O2.C2H6/c1-4-15(21)13(6-5-11(3)20)19-9-18-16-10(2)7-12(17)8-14(16)19;1-2/h7-9,13H,4-6H2,1-3H3;1-2H3. The van der Waals surface area contributed by atoms with Gasteiger partial charge in [0.05, 0.1) is 23.4 Å². The molecule has 0 radical (unpaired) electrons. The van der Waals surface area contributed by atoms with Gasteiger partial charge in [0.2, 0.25) is 0 Å². The van der Waals surface area contributed by atoms with Gasteiger partial charge in [-0.25, -0.2) is 9.37 Å². The van der Waals surface area contributed by atoms with Gasteiger partial charge >= 0.3 is 0 Å². The number of benzene rings is 1. The van der Waals surface area contributed by atoms with Crippen molar-refractivity contribution in [2.24, 2.45) is 0 Å². The van der Waals surface area contributed by atoms with Crippen LogP contribution in [0.2, 0.25) is 0 Å². The highest BCUT2D eigenvalue weighted by atomic mass is 19.1. The van der Waals surface area contributed by atoms with Crippen LogP contribution < -0.4 is 0 Å². The third-order valence-corrected chi connectivity index (χ3v) is 3.66. The van der Waals surface area contributed by atoms with Crippen LogP contribution in [0, 0.1) is 12.7 Å². The molecule has 23 heavy (non-hydrogen) atoms. The van der Waals surface area contributed by atoms with Gasteiger partial charge in [0.1, 0.15) is 11.6 Å². The van der Waals surface area contributed by atoms with Crippen LogP contribution in [-0.2, 0) is 9.59 Å². The van der Waals surface area contributed by atoms with Gasteiger partial charge in [-0.3, -0.25) is 4.79 Å². The van der Waals surface area contributed by atoms with E-state index in [1.54, 1.807) is 24.7 Å². The van der Waals surface area contributed by atoms with Crippen LogP contribution in [0.25, 0.3) is 11.0 Å². The minimum atomic E-state index is -0.468. The van der Waals surface area contributed by atoms with Gasteiger partial charge in [-0.05, 0) is 38.0 Å². The van der Waals surface area contributed by atoms with E-state index in [0.29, 0.717) is 30.3 Å². The lowest BCUT2D eigenvalue weighted by Gasteiger charge is -2.17. The number of carbonyl (C=O) groups excluding carboxylic acids is 2. The second-order valence-electron chi connectivity index (χ2n) is 5.32. The molecular formula is C18H25FN2O2. The molecule has 126 valence electrons. The van der Waals surface area contributed by atoms with Crippen LogP contribution in [0.4, 0.5) is 4.39 Å². The van der Waals surface area contributed by atoms with Crippen molar-refractivity contribution >= 4 is 22.6 Å². The number of fused-ring (bicyclic) bond motifs is 1. The van der Waals surface area contributed by atoms with Crippen LogP contribution in [0.3, 0.4) is 0 Å². The van der Waals surface area contributed by atoms with Crippen molar-refractivity contribution in [2.45, 2.75) is 59.9 Å². The first kappa shape index (κ1) is 19.0. The predicted molar refractivity (Wildman–Crippen MR) is 90.0 cm³/mol. The fourth-order valence-corrected chi connectivity index (χ4v) is 2.54. The largest absolute Gasteiger partial charge is 0.320 e. The monoisotopic (exact) mass is 320 g/mol. The number of nitrogens with zero attached hydrogens (tertiary/aromatic N) is 2. The van der Waals surface area contributed by atoms with E-state index >= 15 is 0 Å². The van der Waals surface area contributed by atoms with E-state index < -0.39 is 6.04 Å². The Hall–Kier alpha value is -2.04. The van der Waals surface area contributed by atoms with Crippen molar-refractivity contribution in [2.75, 3.05) is 0 Å². The summed E-state index contributed by atoms with van der Waals surface area (Å²) < 4.78 is 15.3. The van der Waals surface area contributed by atoms with Crippen molar-refractivity contribution in [3.8, 4) is 0 Å². The minimum absolute atomic E-state index is 0.0254. The molecule has 2 aromatic rings. The van der Waals surface area contributed by atoms with Crippen LogP contribution in [0.5, 0.6) is 0 Å². The van der Waals surface area contributed by atoms with Gasteiger partial charge in [-0.2, -0.15) is 0 Å². The third kappa shape index (κ3) is 4.47. The number of imidazole rings is 1. The Bertz CT molecular complexity index is 692. The average Bonchev–Trinajstić information content (AvgIpc) is 2.93. The first-order chi connectivity index (χ1) is 10.9. The van der Waals surface area contributed by atoms with Gasteiger partial charge in [0, 0.05) is 12.8 Å². The van der Waals surface area contributed by atoms with Crippen molar-refractivity contribution < 1.29 is 14.0 Å². The Morgan fingerprint density at radius 3 is 2.52 bits per heavy atom. The second-order valence-corrected chi connectivity index (χ2v) is 5.32. The highest BCUT2D eigenvalue weighted by Crippen LogP contribution is 2.26. The molecule has 1 aromatic heterocycles. The minimum Gasteiger partial charge on any atom is -0.320 e. The number of Topliss-reactive ketones (excluding diaryl/α,β-unsaturated/α-hetero) is 2. The van der Waals surface area contributed by atoms with E-state index in [-0.39, 0.29) is 17.4 Å². The van der Waals surface area contributed by atoms with Gasteiger partial charge in [0.25, 0.3) is 0 Å². The summed E-state index contributed by atoms with van der Waals surface area (Å²) in [6.07, 6.45) is 2.68. The SMILES string of the molecule is CC.CCC(=O)C(CCC(C)=O)n1cnc2c(C)cc(F)cc21. The van der Waals surface area contributed by atoms with E-state index in [2.05, 4.69) is 4.98 Å². The molecule has 1 heterocycles. The molecule has 0 aliphatic heterocycles. The molecule has 0 saturated heterocycles. The summed E-state index contributed by atoms with van der Waals surface area (Å²) in [4.78, 5) is 27.7. The lowest BCUT2D eigenvalue weighted by Crippen LogP contribution is -2.19. The van der Waals surface area contributed by atoms with Gasteiger partial charge in [0.15, 0.2) is 5.78 Å². The molecule has 1 unspecified atom stereocenters. The summed E-state index contributed by atoms with van der Waals surface area (Å²) in [5.74, 6) is -0.288. The molecule has 0 spiro atoms. The highest BCUT2D eigenvalue weighted by molar-refractivity contribution is 5.87. The quantitative estimate of drug-likeness (QED) is 0.792. The smallest absolute Gasteiger partial charge is 0.155 e. The second kappa shape index (κ2) is 8.56. The number of aromatic nitrogens is 2. The molecule has 0 saturated carbocycles. The van der Waals surface area contributed by atoms with Crippen molar-refractivity contribution in [3.05, 3.63) is 29.8 Å². The van der Waals surface area contributed by atoms with E-state index in [4.69, 9.17) is 0 Å². The Morgan fingerprint density at radius 1 is 1.30 bits per heavy atom. The van der Waals surface area contributed by atoms with Gasteiger partial charge in [-0.15, -0.1) is 0 Å².